The number of amides is 4. The lowest BCUT2D eigenvalue weighted by atomic mass is 10.0. The Morgan fingerprint density at radius 2 is 1.83 bits per heavy atom. The Morgan fingerprint density at radius 1 is 1.00 bits per heavy atom. The summed E-state index contributed by atoms with van der Waals surface area (Å²) >= 11 is 0. The van der Waals surface area contributed by atoms with Gasteiger partial charge in [-0.15, -0.1) is 0 Å². The molecule has 240 valence electrons. The Hall–Kier alpha value is -4.97. The van der Waals surface area contributed by atoms with E-state index in [1.165, 1.54) is 0 Å². The maximum atomic E-state index is 12.9. The molecule has 3 aliphatic heterocycles. The van der Waals surface area contributed by atoms with Crippen LogP contribution in [0.4, 0.5) is 0 Å². The normalized spacial score (nSPS) is 23.2. The van der Waals surface area contributed by atoms with Crippen LogP contribution < -0.4 is 10.6 Å². The van der Waals surface area contributed by atoms with Gasteiger partial charge in [0.25, 0.3) is 5.91 Å². The highest BCUT2D eigenvalue weighted by atomic mass is 16.2. The number of nitrogens with zero attached hydrogens (tertiary/aromatic N) is 6. The fourth-order valence-electron chi connectivity index (χ4n) is 7.40. The standard InChI is InChI=1S/C35H36N8O4/c44-32-8-7-30(34(46)40-32)42-19-23-13-21(5-6-26(23)35(42)47)16-37-33(45)15-22-14-31(22)41-11-9-25(10-12-41)43-20-24(17-38-43)29-18-36-27-3-1-2-4-28(27)39-29/h1-6,13,17-18,20,22,25,30-31H,7-12,14-16,19H2,(H,37,45)(H,40,44,46). The predicted molar refractivity (Wildman–Crippen MR) is 171 cm³/mol. The number of likely N-dealkylation sites (tertiary alicyclic amines) is 1. The van der Waals surface area contributed by atoms with Gasteiger partial charge in [-0.25, -0.2) is 4.98 Å². The highest BCUT2D eigenvalue weighted by molar-refractivity contribution is 6.05. The molecule has 0 bridgehead atoms. The predicted octanol–water partition coefficient (Wildman–Crippen LogP) is 2.99. The number of aromatic nitrogens is 4. The third-order valence-electron chi connectivity index (χ3n) is 10.1. The zero-order valence-corrected chi connectivity index (χ0v) is 26.0. The molecular weight excluding hydrogens is 596 g/mol. The molecule has 5 heterocycles. The molecule has 1 aliphatic carbocycles. The number of hydrogen-bond donors (Lipinski definition) is 2. The molecule has 12 nitrogen and oxygen atoms in total. The van der Waals surface area contributed by atoms with Gasteiger partial charge in [0.15, 0.2) is 0 Å². The van der Waals surface area contributed by atoms with Crippen LogP contribution in [0.5, 0.6) is 0 Å². The second-order valence-corrected chi connectivity index (χ2v) is 13.2. The lowest BCUT2D eigenvalue weighted by molar-refractivity contribution is -0.137. The molecule has 4 aromatic rings. The molecule has 47 heavy (non-hydrogen) atoms. The van der Waals surface area contributed by atoms with E-state index >= 15 is 0 Å². The molecule has 2 aromatic carbocycles. The molecule has 8 rings (SSSR count). The van der Waals surface area contributed by atoms with Crippen molar-refractivity contribution in [3.63, 3.8) is 0 Å². The highest BCUT2D eigenvalue weighted by Gasteiger charge is 2.44. The van der Waals surface area contributed by atoms with Crippen molar-refractivity contribution in [2.24, 2.45) is 5.92 Å². The van der Waals surface area contributed by atoms with Gasteiger partial charge in [0.1, 0.15) is 6.04 Å². The number of benzene rings is 2. The second-order valence-electron chi connectivity index (χ2n) is 13.2. The fraction of sp³-hybridized carbons (Fsp3) is 0.400. The molecule has 2 N–H and O–H groups in total. The largest absolute Gasteiger partial charge is 0.352 e. The molecule has 4 aliphatic rings. The Bertz CT molecular complexity index is 1900. The average molecular weight is 633 g/mol. The summed E-state index contributed by atoms with van der Waals surface area (Å²) in [6.45, 7) is 2.69. The summed E-state index contributed by atoms with van der Waals surface area (Å²) < 4.78 is 2.07. The van der Waals surface area contributed by atoms with Gasteiger partial charge in [0.2, 0.25) is 17.7 Å². The van der Waals surface area contributed by atoms with Crippen molar-refractivity contribution in [3.8, 4) is 11.3 Å². The van der Waals surface area contributed by atoms with E-state index in [1.54, 1.807) is 11.0 Å². The van der Waals surface area contributed by atoms with Crippen molar-refractivity contribution in [2.45, 2.75) is 69.7 Å². The molecule has 3 unspecified atom stereocenters. The molecule has 3 fully saturated rings. The lowest BCUT2D eigenvalue weighted by Gasteiger charge is -2.32. The topological polar surface area (TPSA) is 142 Å². The monoisotopic (exact) mass is 632 g/mol. The summed E-state index contributed by atoms with van der Waals surface area (Å²) in [7, 11) is 0. The van der Waals surface area contributed by atoms with Gasteiger partial charge >= 0.3 is 0 Å². The van der Waals surface area contributed by atoms with E-state index in [9.17, 15) is 19.2 Å². The quantitative estimate of drug-likeness (QED) is 0.283. The minimum absolute atomic E-state index is 0.0370. The van der Waals surface area contributed by atoms with E-state index < -0.39 is 11.9 Å². The number of fused-ring (bicyclic) bond motifs is 2. The van der Waals surface area contributed by atoms with Crippen molar-refractivity contribution >= 4 is 34.7 Å². The van der Waals surface area contributed by atoms with E-state index in [4.69, 9.17) is 4.98 Å². The summed E-state index contributed by atoms with van der Waals surface area (Å²) in [5.41, 5.74) is 5.88. The summed E-state index contributed by atoms with van der Waals surface area (Å²) in [6, 6.07) is 13.6. The minimum Gasteiger partial charge on any atom is -0.352 e. The molecule has 12 heteroatoms. The van der Waals surface area contributed by atoms with Crippen LogP contribution >= 0.6 is 0 Å². The zero-order chi connectivity index (χ0) is 32.1. The number of hydrogen-bond acceptors (Lipinski definition) is 8. The van der Waals surface area contributed by atoms with Crippen LogP contribution in [0, 0.1) is 5.92 Å². The summed E-state index contributed by atoms with van der Waals surface area (Å²) in [5.74, 6) is -0.509. The van der Waals surface area contributed by atoms with Crippen LogP contribution in [-0.4, -0.2) is 78.4 Å². The molecule has 3 atom stereocenters. The van der Waals surface area contributed by atoms with Gasteiger partial charge in [-0.3, -0.25) is 39.1 Å². The van der Waals surface area contributed by atoms with E-state index in [-0.39, 0.29) is 24.1 Å². The maximum absolute atomic E-state index is 12.9. The van der Waals surface area contributed by atoms with Crippen molar-refractivity contribution in [1.29, 1.82) is 0 Å². The van der Waals surface area contributed by atoms with Crippen molar-refractivity contribution in [2.75, 3.05) is 13.1 Å². The molecule has 2 aromatic heterocycles. The smallest absolute Gasteiger partial charge is 0.255 e. The van der Waals surface area contributed by atoms with Gasteiger partial charge in [-0.1, -0.05) is 24.3 Å². The number of carbonyl (C=O) groups is 4. The molecule has 4 amide bonds. The number of para-hydroxylation sites is 2. The summed E-state index contributed by atoms with van der Waals surface area (Å²) in [6.07, 6.45) is 9.90. The molecular formula is C35H36N8O4. The van der Waals surface area contributed by atoms with Crippen LogP contribution in [0.1, 0.15) is 66.1 Å². The fourth-order valence-corrected chi connectivity index (χ4v) is 7.40. The van der Waals surface area contributed by atoms with Crippen molar-refractivity contribution < 1.29 is 19.2 Å². The third kappa shape index (κ3) is 5.89. The minimum atomic E-state index is -0.636. The van der Waals surface area contributed by atoms with Crippen molar-refractivity contribution in [1.82, 2.24) is 40.2 Å². The first-order valence-corrected chi connectivity index (χ1v) is 16.4. The Morgan fingerprint density at radius 3 is 2.66 bits per heavy atom. The zero-order valence-electron chi connectivity index (χ0n) is 26.0. The number of nitrogens with one attached hydrogen (secondary N) is 2. The SMILES string of the molecule is O=C(CC1CC1N1CCC(n2cc(-c3cnc4ccccc4n3)cn2)CC1)NCc1ccc2c(c1)CN(C1CCC(=O)NC1=O)C2=O. The number of rotatable bonds is 8. The van der Waals surface area contributed by atoms with E-state index in [0.29, 0.717) is 49.5 Å². The second kappa shape index (κ2) is 12.0. The van der Waals surface area contributed by atoms with Crippen LogP contribution in [0.3, 0.4) is 0 Å². The Labute approximate surface area is 271 Å². The summed E-state index contributed by atoms with van der Waals surface area (Å²) in [5, 5.41) is 10.1. The lowest BCUT2D eigenvalue weighted by Crippen LogP contribution is -2.52. The van der Waals surface area contributed by atoms with Crippen LogP contribution in [0.2, 0.25) is 0 Å². The van der Waals surface area contributed by atoms with Gasteiger partial charge in [-0.2, -0.15) is 5.10 Å². The summed E-state index contributed by atoms with van der Waals surface area (Å²) in [4.78, 5) is 63.0. The Balaban J connectivity index is 0.792. The van der Waals surface area contributed by atoms with Crippen molar-refractivity contribution in [3.05, 3.63) is 77.7 Å². The third-order valence-corrected chi connectivity index (χ3v) is 10.1. The average Bonchev–Trinajstić information content (AvgIpc) is 3.52. The highest BCUT2D eigenvalue weighted by Crippen LogP contribution is 2.41. The van der Waals surface area contributed by atoms with E-state index in [2.05, 4.69) is 36.5 Å². The van der Waals surface area contributed by atoms with Crippen LogP contribution in [0.15, 0.2) is 61.1 Å². The first kappa shape index (κ1) is 29.4. The van der Waals surface area contributed by atoms with Gasteiger partial charge < -0.3 is 10.2 Å². The first-order valence-electron chi connectivity index (χ1n) is 16.4. The van der Waals surface area contributed by atoms with Gasteiger partial charge in [0, 0.05) is 62.4 Å². The molecule has 1 saturated carbocycles. The number of carbonyl (C=O) groups excluding carboxylic acids is 4. The maximum Gasteiger partial charge on any atom is 0.255 e. The van der Waals surface area contributed by atoms with E-state index in [1.807, 2.05) is 48.8 Å². The van der Waals surface area contributed by atoms with Crippen LogP contribution in [0.25, 0.3) is 22.3 Å². The molecule has 0 spiro atoms. The van der Waals surface area contributed by atoms with E-state index in [0.717, 1.165) is 65.8 Å². The van der Waals surface area contributed by atoms with Crippen LogP contribution in [-0.2, 0) is 27.5 Å². The van der Waals surface area contributed by atoms with Gasteiger partial charge in [0.05, 0.1) is 35.2 Å². The molecule has 2 saturated heterocycles. The number of piperidine rings is 2. The first-order chi connectivity index (χ1) is 22.9. The number of imide groups is 1. The molecule has 0 radical (unpaired) electrons. The van der Waals surface area contributed by atoms with Gasteiger partial charge in [-0.05, 0) is 60.9 Å². The Kier molecular flexibility index (Phi) is 7.51.